The second kappa shape index (κ2) is 11.5. The van der Waals surface area contributed by atoms with Crippen molar-refractivity contribution in [2.75, 3.05) is 57.9 Å². The summed E-state index contributed by atoms with van der Waals surface area (Å²) < 4.78 is 46.3. The number of nitrogens with zero attached hydrogens (tertiary/aromatic N) is 2. The third kappa shape index (κ3) is 8.67. The van der Waals surface area contributed by atoms with E-state index in [2.05, 4.69) is 15.0 Å². The van der Waals surface area contributed by atoms with Gasteiger partial charge in [-0.25, -0.2) is 4.79 Å². The van der Waals surface area contributed by atoms with E-state index >= 15 is 0 Å². The maximum Gasteiger partial charge on any atom is 0.411 e. The zero-order chi connectivity index (χ0) is 21.3. The number of nitrogens with one attached hydrogen (secondary N) is 1. The number of hydrogen-bond acceptors (Lipinski definition) is 4. The standard InChI is InChI=1S/C19H27ClF3N3O3/c1-2-11-29-17-5-4-15(20)13-16(17)24-18(27)26-9-7-25(8-10-26)6-3-12-28-14-19(21,22)23/h4-5,13H,2-3,6-12,14H2,1H3,(H,24,27). The Balaban J connectivity index is 1.74. The Morgan fingerprint density at radius 3 is 2.59 bits per heavy atom. The molecule has 1 aromatic carbocycles. The Bertz CT molecular complexity index is 653. The highest BCUT2D eigenvalue weighted by atomic mass is 35.5. The second-order valence-corrected chi connectivity index (χ2v) is 7.21. The van der Waals surface area contributed by atoms with Crippen LogP contribution in [-0.2, 0) is 4.74 Å². The van der Waals surface area contributed by atoms with E-state index in [0.717, 1.165) is 6.42 Å². The van der Waals surface area contributed by atoms with Crippen LogP contribution in [0, 0.1) is 0 Å². The summed E-state index contributed by atoms with van der Waals surface area (Å²) in [6, 6.07) is 4.86. The van der Waals surface area contributed by atoms with Crippen LogP contribution in [0.1, 0.15) is 19.8 Å². The predicted molar refractivity (Wildman–Crippen MR) is 106 cm³/mol. The predicted octanol–water partition coefficient (Wildman–Crippen LogP) is 4.25. The lowest BCUT2D eigenvalue weighted by Crippen LogP contribution is -2.50. The number of amides is 2. The van der Waals surface area contributed by atoms with Crippen molar-refractivity contribution < 1.29 is 27.4 Å². The number of alkyl halides is 3. The lowest BCUT2D eigenvalue weighted by molar-refractivity contribution is -0.174. The van der Waals surface area contributed by atoms with Crippen LogP contribution in [0.15, 0.2) is 18.2 Å². The molecular weight excluding hydrogens is 411 g/mol. The molecule has 0 aromatic heterocycles. The summed E-state index contributed by atoms with van der Waals surface area (Å²) >= 11 is 6.04. The van der Waals surface area contributed by atoms with Gasteiger partial charge in [0.05, 0.1) is 12.3 Å². The highest BCUT2D eigenvalue weighted by molar-refractivity contribution is 6.31. The largest absolute Gasteiger partial charge is 0.491 e. The molecule has 2 amide bonds. The van der Waals surface area contributed by atoms with Crippen molar-refractivity contribution in [1.82, 2.24) is 9.80 Å². The van der Waals surface area contributed by atoms with Gasteiger partial charge in [0.1, 0.15) is 12.4 Å². The highest BCUT2D eigenvalue weighted by Gasteiger charge is 2.27. The molecule has 0 radical (unpaired) electrons. The SMILES string of the molecule is CCCOc1ccc(Cl)cc1NC(=O)N1CCN(CCCOCC(F)(F)F)CC1. The minimum Gasteiger partial charge on any atom is -0.491 e. The van der Waals surface area contributed by atoms with Crippen molar-refractivity contribution in [3.8, 4) is 5.75 Å². The van der Waals surface area contributed by atoms with Gasteiger partial charge in [-0.1, -0.05) is 18.5 Å². The molecule has 0 spiro atoms. The highest BCUT2D eigenvalue weighted by Crippen LogP contribution is 2.28. The molecule has 1 fully saturated rings. The summed E-state index contributed by atoms with van der Waals surface area (Å²) in [5.41, 5.74) is 0.528. The summed E-state index contributed by atoms with van der Waals surface area (Å²) in [4.78, 5) is 16.4. The number of benzene rings is 1. The third-order valence-electron chi connectivity index (χ3n) is 4.33. The first-order chi connectivity index (χ1) is 13.8. The van der Waals surface area contributed by atoms with Crippen molar-refractivity contribution in [1.29, 1.82) is 0 Å². The van der Waals surface area contributed by atoms with Crippen LogP contribution in [0.4, 0.5) is 23.7 Å². The molecular formula is C19H27ClF3N3O3. The fourth-order valence-electron chi connectivity index (χ4n) is 2.88. The molecule has 1 saturated heterocycles. The summed E-state index contributed by atoms with van der Waals surface area (Å²) in [5, 5.41) is 3.35. The van der Waals surface area contributed by atoms with E-state index in [1.54, 1.807) is 23.1 Å². The lowest BCUT2D eigenvalue weighted by atomic mass is 10.2. The third-order valence-corrected chi connectivity index (χ3v) is 4.57. The average Bonchev–Trinajstić information content (AvgIpc) is 2.66. The molecule has 2 rings (SSSR count). The van der Waals surface area contributed by atoms with Gasteiger partial charge in [-0.15, -0.1) is 0 Å². The van der Waals surface area contributed by atoms with E-state index in [9.17, 15) is 18.0 Å². The molecule has 29 heavy (non-hydrogen) atoms. The van der Waals surface area contributed by atoms with Crippen LogP contribution in [0.5, 0.6) is 5.75 Å². The number of urea groups is 1. The van der Waals surface area contributed by atoms with Gasteiger partial charge >= 0.3 is 12.2 Å². The topological polar surface area (TPSA) is 54.0 Å². The van der Waals surface area contributed by atoms with E-state index in [0.29, 0.717) is 62.2 Å². The Morgan fingerprint density at radius 2 is 1.93 bits per heavy atom. The van der Waals surface area contributed by atoms with Crippen molar-refractivity contribution in [2.45, 2.75) is 25.9 Å². The molecule has 0 saturated carbocycles. The number of rotatable bonds is 9. The Labute approximate surface area is 173 Å². The molecule has 1 N–H and O–H groups in total. The fourth-order valence-corrected chi connectivity index (χ4v) is 3.06. The van der Waals surface area contributed by atoms with Gasteiger partial charge in [-0.05, 0) is 31.0 Å². The van der Waals surface area contributed by atoms with Gasteiger partial charge in [-0.2, -0.15) is 13.2 Å². The van der Waals surface area contributed by atoms with Gasteiger partial charge in [-0.3, -0.25) is 4.90 Å². The van der Waals surface area contributed by atoms with Crippen LogP contribution in [0.25, 0.3) is 0 Å². The monoisotopic (exact) mass is 437 g/mol. The zero-order valence-electron chi connectivity index (χ0n) is 16.4. The molecule has 1 aliphatic heterocycles. The van der Waals surface area contributed by atoms with Gasteiger partial charge < -0.3 is 19.7 Å². The smallest absolute Gasteiger partial charge is 0.411 e. The van der Waals surface area contributed by atoms with Gasteiger partial charge in [0.25, 0.3) is 0 Å². The summed E-state index contributed by atoms with van der Waals surface area (Å²) in [6.07, 6.45) is -2.93. The van der Waals surface area contributed by atoms with E-state index in [1.165, 1.54) is 0 Å². The van der Waals surface area contributed by atoms with Gasteiger partial charge in [0.2, 0.25) is 0 Å². The average molecular weight is 438 g/mol. The van der Waals surface area contributed by atoms with Crippen LogP contribution >= 0.6 is 11.6 Å². The van der Waals surface area contributed by atoms with Gasteiger partial charge in [0, 0.05) is 44.4 Å². The first-order valence-electron chi connectivity index (χ1n) is 9.63. The number of hydrogen-bond donors (Lipinski definition) is 1. The number of carbonyl (C=O) groups is 1. The van der Waals surface area contributed by atoms with E-state index in [1.807, 2.05) is 6.92 Å². The van der Waals surface area contributed by atoms with Crippen LogP contribution in [0.3, 0.4) is 0 Å². The van der Waals surface area contributed by atoms with Crippen molar-refractivity contribution in [2.24, 2.45) is 0 Å². The number of piperazine rings is 1. The summed E-state index contributed by atoms with van der Waals surface area (Å²) in [6.45, 7) is 4.39. The fraction of sp³-hybridized carbons (Fsp3) is 0.632. The number of halogens is 4. The Morgan fingerprint density at radius 1 is 1.21 bits per heavy atom. The Hall–Kier alpha value is -1.71. The molecule has 1 heterocycles. The van der Waals surface area contributed by atoms with E-state index in [4.69, 9.17) is 16.3 Å². The van der Waals surface area contributed by atoms with Crippen molar-refractivity contribution >= 4 is 23.3 Å². The molecule has 10 heteroatoms. The van der Waals surface area contributed by atoms with E-state index < -0.39 is 12.8 Å². The lowest BCUT2D eigenvalue weighted by Gasteiger charge is -2.34. The first-order valence-corrected chi connectivity index (χ1v) is 10.0. The minimum absolute atomic E-state index is 0.0650. The molecule has 0 bridgehead atoms. The van der Waals surface area contributed by atoms with Crippen molar-refractivity contribution in [3.05, 3.63) is 23.2 Å². The first kappa shape index (κ1) is 23.6. The molecule has 0 atom stereocenters. The molecule has 164 valence electrons. The maximum absolute atomic E-state index is 12.6. The second-order valence-electron chi connectivity index (χ2n) is 6.77. The van der Waals surface area contributed by atoms with Crippen LogP contribution in [0.2, 0.25) is 5.02 Å². The minimum atomic E-state index is -4.29. The molecule has 6 nitrogen and oxygen atoms in total. The quantitative estimate of drug-likeness (QED) is 0.587. The molecule has 1 aliphatic rings. The van der Waals surface area contributed by atoms with E-state index in [-0.39, 0.29) is 12.6 Å². The summed E-state index contributed by atoms with van der Waals surface area (Å²) in [7, 11) is 0. The number of anilines is 1. The van der Waals surface area contributed by atoms with Crippen LogP contribution in [-0.4, -0.2) is 74.6 Å². The Kier molecular flexibility index (Phi) is 9.32. The normalized spacial score (nSPS) is 15.4. The molecule has 1 aromatic rings. The van der Waals surface area contributed by atoms with Crippen molar-refractivity contribution in [3.63, 3.8) is 0 Å². The molecule has 0 aliphatic carbocycles. The number of ether oxygens (including phenoxy) is 2. The van der Waals surface area contributed by atoms with Gasteiger partial charge in [0.15, 0.2) is 0 Å². The molecule has 0 unspecified atom stereocenters. The van der Waals surface area contributed by atoms with Crippen LogP contribution < -0.4 is 10.1 Å². The summed E-state index contributed by atoms with van der Waals surface area (Å²) in [5.74, 6) is 0.571. The number of carbonyl (C=O) groups excluding carboxylic acids is 1. The maximum atomic E-state index is 12.6. The zero-order valence-corrected chi connectivity index (χ0v) is 17.2.